The first-order chi connectivity index (χ1) is 12.1. The van der Waals surface area contributed by atoms with Gasteiger partial charge in [0, 0.05) is 11.1 Å². The van der Waals surface area contributed by atoms with Crippen LogP contribution in [0.3, 0.4) is 0 Å². The molecular formula is C14H6N4O4S3. The maximum atomic E-state index is 11.8. The molecule has 0 saturated heterocycles. The van der Waals surface area contributed by atoms with Gasteiger partial charge in [-0.1, -0.05) is 0 Å². The van der Waals surface area contributed by atoms with Crippen LogP contribution in [0.15, 0.2) is 33.7 Å². The third-order valence-electron chi connectivity index (χ3n) is 3.64. The molecule has 0 aliphatic rings. The van der Waals surface area contributed by atoms with Gasteiger partial charge in [0.1, 0.15) is 11.0 Å². The molecule has 0 unspecified atom stereocenters. The van der Waals surface area contributed by atoms with Gasteiger partial charge < -0.3 is 0 Å². The van der Waals surface area contributed by atoms with E-state index in [9.17, 15) is 20.2 Å². The number of nitro benzene ring substituents is 2. The maximum absolute atomic E-state index is 11.8. The first kappa shape index (κ1) is 15.7. The summed E-state index contributed by atoms with van der Waals surface area (Å²) in [6.45, 7) is 0. The Hall–Kier alpha value is -2.76. The Labute approximate surface area is 151 Å². The largest absolute Gasteiger partial charge is 0.356 e. The predicted octanol–water partition coefficient (Wildman–Crippen LogP) is 4.96. The van der Waals surface area contributed by atoms with Gasteiger partial charge in [-0.25, -0.2) is 0 Å². The second-order valence-electron chi connectivity index (χ2n) is 4.95. The number of nitro groups is 2. The minimum absolute atomic E-state index is 0.140. The number of benzene rings is 1. The number of rotatable bonds is 4. The van der Waals surface area contributed by atoms with Gasteiger partial charge in [0.25, 0.3) is 0 Å². The van der Waals surface area contributed by atoms with Crippen molar-refractivity contribution in [2.45, 2.75) is 0 Å². The Balaban J connectivity index is 2.26. The second-order valence-corrected chi connectivity index (χ2v) is 7.04. The average Bonchev–Trinajstić information content (AvgIpc) is 3.32. The number of fused-ring (bicyclic) bond motifs is 1. The van der Waals surface area contributed by atoms with Crippen molar-refractivity contribution in [1.29, 1.82) is 0 Å². The smallest absolute Gasteiger partial charge is 0.258 e. The van der Waals surface area contributed by atoms with Crippen molar-refractivity contribution >= 4 is 56.8 Å². The molecule has 0 bridgehead atoms. The summed E-state index contributed by atoms with van der Waals surface area (Å²) >= 11 is 3.57. The molecule has 11 heteroatoms. The summed E-state index contributed by atoms with van der Waals surface area (Å²) in [6, 6.07) is 3.36. The van der Waals surface area contributed by atoms with Gasteiger partial charge in [-0.05, 0) is 33.7 Å². The van der Waals surface area contributed by atoms with E-state index in [0.717, 1.165) is 11.7 Å². The van der Waals surface area contributed by atoms with Gasteiger partial charge in [0.15, 0.2) is 0 Å². The molecule has 0 radical (unpaired) electrons. The average molecular weight is 390 g/mol. The molecule has 4 aromatic rings. The highest BCUT2D eigenvalue weighted by molar-refractivity contribution is 7.08. The minimum atomic E-state index is -0.709. The lowest BCUT2D eigenvalue weighted by Gasteiger charge is -2.07. The summed E-state index contributed by atoms with van der Waals surface area (Å²) in [6.07, 6.45) is 0. The van der Waals surface area contributed by atoms with Crippen LogP contribution >= 0.6 is 34.4 Å². The van der Waals surface area contributed by atoms with E-state index in [2.05, 4.69) is 8.75 Å². The third-order valence-corrected chi connectivity index (χ3v) is 5.54. The molecule has 0 spiro atoms. The number of thiophene rings is 2. The maximum Gasteiger partial charge on any atom is 0.356 e. The highest BCUT2D eigenvalue weighted by Crippen LogP contribution is 2.49. The topological polar surface area (TPSA) is 112 Å². The van der Waals surface area contributed by atoms with Crippen LogP contribution < -0.4 is 0 Å². The van der Waals surface area contributed by atoms with Crippen LogP contribution in [0.4, 0.5) is 11.4 Å². The number of hydrogen-bond acceptors (Lipinski definition) is 9. The zero-order valence-corrected chi connectivity index (χ0v) is 14.6. The summed E-state index contributed by atoms with van der Waals surface area (Å²) in [7, 11) is 0. The van der Waals surface area contributed by atoms with E-state index in [-0.39, 0.29) is 11.1 Å². The summed E-state index contributed by atoms with van der Waals surface area (Å²) in [5.74, 6) is 0. The predicted molar refractivity (Wildman–Crippen MR) is 97.3 cm³/mol. The molecule has 4 rings (SSSR count). The van der Waals surface area contributed by atoms with E-state index in [0.29, 0.717) is 22.2 Å². The molecule has 124 valence electrons. The lowest BCUT2D eigenvalue weighted by atomic mass is 9.96. The molecule has 0 N–H and O–H groups in total. The molecule has 1 aromatic carbocycles. The van der Waals surface area contributed by atoms with E-state index in [1.807, 2.05) is 0 Å². The third kappa shape index (κ3) is 2.40. The summed E-state index contributed by atoms with van der Waals surface area (Å²) in [5.41, 5.74) is 0.837. The Morgan fingerprint density at radius 3 is 1.56 bits per heavy atom. The van der Waals surface area contributed by atoms with Crippen LogP contribution in [0.5, 0.6) is 0 Å². The van der Waals surface area contributed by atoms with E-state index in [1.54, 1.807) is 33.7 Å². The van der Waals surface area contributed by atoms with Crippen LogP contribution in [0.25, 0.3) is 33.3 Å². The van der Waals surface area contributed by atoms with Crippen molar-refractivity contribution in [3.8, 4) is 22.3 Å². The van der Waals surface area contributed by atoms with Crippen molar-refractivity contribution < 1.29 is 9.85 Å². The van der Waals surface area contributed by atoms with E-state index < -0.39 is 21.2 Å². The van der Waals surface area contributed by atoms with Crippen molar-refractivity contribution in [3.63, 3.8) is 0 Å². The fourth-order valence-electron chi connectivity index (χ4n) is 2.69. The Morgan fingerprint density at radius 1 is 0.800 bits per heavy atom. The van der Waals surface area contributed by atoms with Gasteiger partial charge in [-0.3, -0.25) is 20.2 Å². The van der Waals surface area contributed by atoms with Crippen molar-refractivity contribution in [3.05, 3.63) is 53.9 Å². The van der Waals surface area contributed by atoms with Crippen LogP contribution in [-0.4, -0.2) is 18.6 Å². The Morgan fingerprint density at radius 2 is 1.24 bits per heavy atom. The molecule has 3 heterocycles. The molecule has 0 amide bonds. The zero-order valence-electron chi connectivity index (χ0n) is 12.1. The normalized spacial score (nSPS) is 11.0. The number of aromatic nitrogens is 2. The molecule has 3 aromatic heterocycles. The molecule has 0 fully saturated rings. The van der Waals surface area contributed by atoms with Crippen LogP contribution in [0, 0.1) is 20.2 Å². The van der Waals surface area contributed by atoms with E-state index >= 15 is 0 Å². The Bertz CT molecular complexity index is 1020. The quantitative estimate of drug-likeness (QED) is 0.359. The zero-order chi connectivity index (χ0) is 17.6. The van der Waals surface area contributed by atoms with Crippen molar-refractivity contribution in [1.82, 2.24) is 8.75 Å². The minimum Gasteiger partial charge on any atom is -0.258 e. The highest BCUT2D eigenvalue weighted by atomic mass is 32.1. The molecule has 0 saturated carbocycles. The van der Waals surface area contributed by atoms with Crippen LogP contribution in [-0.2, 0) is 0 Å². The SMILES string of the molecule is O=[N+]([O-])c1c([N+](=O)[O-])c(-c2ccsc2)c2nsnc2c1-c1ccsc1. The summed E-state index contributed by atoms with van der Waals surface area (Å²) in [5, 5.41) is 30.5. The molecule has 0 aliphatic carbocycles. The van der Waals surface area contributed by atoms with Gasteiger partial charge in [-0.15, -0.1) is 0 Å². The lowest BCUT2D eigenvalue weighted by molar-refractivity contribution is -0.421. The molecule has 0 atom stereocenters. The van der Waals surface area contributed by atoms with Crippen LogP contribution in [0.1, 0.15) is 0 Å². The fraction of sp³-hybridized carbons (Fsp3) is 0. The van der Waals surface area contributed by atoms with Gasteiger partial charge >= 0.3 is 11.4 Å². The summed E-state index contributed by atoms with van der Waals surface area (Å²) < 4.78 is 8.40. The van der Waals surface area contributed by atoms with E-state index in [4.69, 9.17) is 0 Å². The highest BCUT2D eigenvalue weighted by Gasteiger charge is 2.38. The first-order valence-electron chi connectivity index (χ1n) is 6.75. The van der Waals surface area contributed by atoms with Gasteiger partial charge in [0.2, 0.25) is 0 Å². The first-order valence-corrected chi connectivity index (χ1v) is 9.37. The number of nitrogens with zero attached hydrogens (tertiary/aromatic N) is 4. The second kappa shape index (κ2) is 5.95. The van der Waals surface area contributed by atoms with E-state index in [1.165, 1.54) is 22.7 Å². The molecule has 25 heavy (non-hydrogen) atoms. The standard InChI is InChI=1S/C14H6N4O4S3/c19-17(20)13-9(7-1-3-23-5-7)11-12(16-25-15-11)10(14(13)18(21)22)8-2-4-24-6-8/h1-6H. The van der Waals surface area contributed by atoms with Crippen molar-refractivity contribution in [2.75, 3.05) is 0 Å². The molecule has 0 aliphatic heterocycles. The van der Waals surface area contributed by atoms with Crippen LogP contribution in [0.2, 0.25) is 0 Å². The van der Waals surface area contributed by atoms with Gasteiger partial charge in [0.05, 0.1) is 32.7 Å². The lowest BCUT2D eigenvalue weighted by Crippen LogP contribution is -2.02. The number of hydrogen-bond donors (Lipinski definition) is 0. The monoisotopic (exact) mass is 390 g/mol. The summed E-state index contributed by atoms with van der Waals surface area (Å²) in [4.78, 5) is 22.2. The molecular weight excluding hydrogens is 384 g/mol. The molecule has 8 nitrogen and oxygen atoms in total. The van der Waals surface area contributed by atoms with Gasteiger partial charge in [-0.2, -0.15) is 31.4 Å². The Kier molecular flexibility index (Phi) is 3.75. The van der Waals surface area contributed by atoms with Crippen molar-refractivity contribution in [2.24, 2.45) is 0 Å². The fourth-order valence-corrected chi connectivity index (χ4v) is 4.55.